The van der Waals surface area contributed by atoms with E-state index in [0.29, 0.717) is 6.54 Å². The highest BCUT2D eigenvalue weighted by Crippen LogP contribution is 2.25. The number of hydrogen-bond acceptors (Lipinski definition) is 4. The molecule has 1 fully saturated rings. The summed E-state index contributed by atoms with van der Waals surface area (Å²) in [6, 6.07) is 7.26. The number of aromatic nitrogens is 2. The van der Waals surface area contributed by atoms with Gasteiger partial charge in [0, 0.05) is 38.4 Å². The Bertz CT molecular complexity index is 844. The van der Waals surface area contributed by atoms with Gasteiger partial charge < -0.3 is 19.5 Å². The van der Waals surface area contributed by atoms with Crippen molar-refractivity contribution in [3.05, 3.63) is 48.0 Å². The summed E-state index contributed by atoms with van der Waals surface area (Å²) in [5, 5.41) is 3.17. The quantitative estimate of drug-likeness (QED) is 0.811. The van der Waals surface area contributed by atoms with Gasteiger partial charge in [0.15, 0.2) is 0 Å². The molecule has 2 heterocycles. The number of nitrogens with zero attached hydrogens (tertiary/aromatic N) is 3. The van der Waals surface area contributed by atoms with Gasteiger partial charge in [-0.2, -0.15) is 0 Å². The van der Waals surface area contributed by atoms with Gasteiger partial charge in [-0.05, 0) is 30.5 Å². The smallest absolute Gasteiger partial charge is 0.225 e. The highest BCUT2D eigenvalue weighted by atomic mass is 16.5. The molecule has 1 aromatic carbocycles. The first-order valence-electron chi connectivity index (χ1n) is 10.1. The maximum absolute atomic E-state index is 13.1. The molecule has 2 aromatic rings. The van der Waals surface area contributed by atoms with Gasteiger partial charge in [0.05, 0.1) is 13.0 Å². The molecule has 2 amide bonds. The molecule has 3 rings (SSSR count). The van der Waals surface area contributed by atoms with Crippen molar-refractivity contribution in [2.24, 2.45) is 18.9 Å². The molecule has 1 saturated heterocycles. The second-order valence-electron chi connectivity index (χ2n) is 7.89. The Morgan fingerprint density at radius 1 is 1.24 bits per heavy atom. The molecular weight excluding hydrogens is 368 g/mol. The van der Waals surface area contributed by atoms with Gasteiger partial charge in [-0.25, -0.2) is 4.98 Å². The van der Waals surface area contributed by atoms with Crippen LogP contribution in [0.3, 0.4) is 0 Å². The minimum atomic E-state index is -0.371. The molecule has 0 spiro atoms. The highest BCUT2D eigenvalue weighted by Gasteiger charge is 2.31. The van der Waals surface area contributed by atoms with Gasteiger partial charge in [-0.1, -0.05) is 26.0 Å². The lowest BCUT2D eigenvalue weighted by Crippen LogP contribution is -2.47. The molecule has 0 bridgehead atoms. The molecule has 1 aliphatic rings. The van der Waals surface area contributed by atoms with Crippen molar-refractivity contribution in [2.45, 2.75) is 32.7 Å². The lowest BCUT2D eigenvalue weighted by Gasteiger charge is -2.34. The van der Waals surface area contributed by atoms with E-state index in [1.54, 1.807) is 13.3 Å². The maximum atomic E-state index is 13.1. The lowest BCUT2D eigenvalue weighted by molar-refractivity contribution is -0.138. The van der Waals surface area contributed by atoms with E-state index in [1.807, 2.05) is 60.8 Å². The van der Waals surface area contributed by atoms with E-state index in [2.05, 4.69) is 10.3 Å². The molecule has 7 nitrogen and oxygen atoms in total. The van der Waals surface area contributed by atoms with Crippen LogP contribution in [0.5, 0.6) is 5.75 Å². The molecule has 1 aliphatic heterocycles. The van der Waals surface area contributed by atoms with Crippen molar-refractivity contribution in [1.29, 1.82) is 0 Å². The molecule has 0 radical (unpaired) electrons. The molecule has 2 unspecified atom stereocenters. The van der Waals surface area contributed by atoms with E-state index in [4.69, 9.17) is 4.74 Å². The number of aryl methyl sites for hydroxylation is 1. The van der Waals surface area contributed by atoms with E-state index in [1.165, 1.54) is 0 Å². The van der Waals surface area contributed by atoms with E-state index in [-0.39, 0.29) is 29.7 Å². The SMILES string of the molecule is COc1ccc(C(NC(=O)C2CCCN(C(=O)C(C)C)C2)c2nccn2C)cc1. The van der Waals surface area contributed by atoms with Crippen LogP contribution in [0.4, 0.5) is 0 Å². The van der Waals surface area contributed by atoms with Crippen molar-refractivity contribution in [3.8, 4) is 5.75 Å². The second-order valence-corrected chi connectivity index (χ2v) is 7.89. The van der Waals surface area contributed by atoms with Crippen molar-refractivity contribution >= 4 is 11.8 Å². The minimum Gasteiger partial charge on any atom is -0.497 e. The highest BCUT2D eigenvalue weighted by molar-refractivity contribution is 5.82. The van der Waals surface area contributed by atoms with Gasteiger partial charge in [-0.3, -0.25) is 9.59 Å². The van der Waals surface area contributed by atoms with E-state index in [0.717, 1.165) is 36.5 Å². The first kappa shape index (κ1) is 20.9. The largest absolute Gasteiger partial charge is 0.497 e. The van der Waals surface area contributed by atoms with Crippen LogP contribution in [-0.2, 0) is 16.6 Å². The predicted octanol–water partition coefficient (Wildman–Crippen LogP) is 2.53. The molecule has 29 heavy (non-hydrogen) atoms. The van der Waals surface area contributed by atoms with Crippen molar-refractivity contribution in [1.82, 2.24) is 19.8 Å². The third-order valence-electron chi connectivity index (χ3n) is 5.45. The van der Waals surface area contributed by atoms with Gasteiger partial charge in [-0.15, -0.1) is 0 Å². The Morgan fingerprint density at radius 3 is 2.55 bits per heavy atom. The molecule has 1 aromatic heterocycles. The summed E-state index contributed by atoms with van der Waals surface area (Å²) in [7, 11) is 3.54. The van der Waals surface area contributed by atoms with Crippen LogP contribution >= 0.6 is 0 Å². The standard InChI is InChI=1S/C22H30N4O3/c1-15(2)22(28)26-12-5-6-17(14-26)21(27)24-19(20-23-11-13-25(20)3)16-7-9-18(29-4)10-8-16/h7-11,13,15,17,19H,5-6,12,14H2,1-4H3,(H,24,27). The lowest BCUT2D eigenvalue weighted by atomic mass is 9.95. The van der Waals surface area contributed by atoms with Crippen LogP contribution in [0.2, 0.25) is 0 Å². The molecular formula is C22H30N4O3. The summed E-state index contributed by atoms with van der Waals surface area (Å²) >= 11 is 0. The summed E-state index contributed by atoms with van der Waals surface area (Å²) < 4.78 is 7.15. The van der Waals surface area contributed by atoms with Crippen LogP contribution in [0.1, 0.15) is 44.1 Å². The number of methoxy groups -OCH3 is 1. The predicted molar refractivity (Wildman–Crippen MR) is 110 cm³/mol. The fourth-order valence-corrected chi connectivity index (χ4v) is 3.77. The third-order valence-corrected chi connectivity index (χ3v) is 5.45. The summed E-state index contributed by atoms with van der Waals surface area (Å²) in [6.07, 6.45) is 5.21. The monoisotopic (exact) mass is 398 g/mol. The topological polar surface area (TPSA) is 76.5 Å². The van der Waals surface area contributed by atoms with Crippen LogP contribution in [0, 0.1) is 11.8 Å². The first-order chi connectivity index (χ1) is 13.9. The van der Waals surface area contributed by atoms with E-state index < -0.39 is 0 Å². The van der Waals surface area contributed by atoms with Crippen LogP contribution in [-0.4, -0.2) is 46.5 Å². The number of nitrogens with one attached hydrogen (secondary N) is 1. The fourth-order valence-electron chi connectivity index (χ4n) is 3.77. The van der Waals surface area contributed by atoms with Crippen LogP contribution < -0.4 is 10.1 Å². The Labute approximate surface area is 172 Å². The number of ether oxygens (including phenoxy) is 1. The molecule has 7 heteroatoms. The zero-order valence-electron chi connectivity index (χ0n) is 17.6. The van der Waals surface area contributed by atoms with Gasteiger partial charge in [0.25, 0.3) is 0 Å². The number of carbonyl (C=O) groups is 2. The number of likely N-dealkylation sites (tertiary alicyclic amines) is 1. The average molecular weight is 399 g/mol. The summed E-state index contributed by atoms with van der Waals surface area (Å²) in [4.78, 5) is 31.8. The van der Waals surface area contributed by atoms with Crippen molar-refractivity contribution in [3.63, 3.8) is 0 Å². The Hall–Kier alpha value is -2.83. The average Bonchev–Trinajstić information content (AvgIpc) is 3.17. The molecule has 2 atom stereocenters. The fraction of sp³-hybridized carbons (Fsp3) is 0.500. The maximum Gasteiger partial charge on any atom is 0.225 e. The molecule has 1 N–H and O–H groups in total. The Balaban J connectivity index is 1.79. The third kappa shape index (κ3) is 4.78. The van der Waals surface area contributed by atoms with Crippen molar-refractivity contribution < 1.29 is 14.3 Å². The Morgan fingerprint density at radius 2 is 1.97 bits per heavy atom. The molecule has 0 aliphatic carbocycles. The number of imidazole rings is 1. The van der Waals surface area contributed by atoms with Crippen LogP contribution in [0.15, 0.2) is 36.7 Å². The zero-order chi connectivity index (χ0) is 21.0. The van der Waals surface area contributed by atoms with Gasteiger partial charge in [0.2, 0.25) is 11.8 Å². The number of carbonyl (C=O) groups excluding carboxylic acids is 2. The number of benzene rings is 1. The summed E-state index contributed by atoms with van der Waals surface area (Å²) in [5.41, 5.74) is 0.930. The zero-order valence-corrected chi connectivity index (χ0v) is 17.6. The molecule has 156 valence electrons. The first-order valence-corrected chi connectivity index (χ1v) is 10.1. The van der Waals surface area contributed by atoms with Crippen molar-refractivity contribution in [2.75, 3.05) is 20.2 Å². The number of rotatable bonds is 6. The minimum absolute atomic E-state index is 0.0462. The number of amides is 2. The van der Waals surface area contributed by atoms with Gasteiger partial charge in [0.1, 0.15) is 17.6 Å². The summed E-state index contributed by atoms with van der Waals surface area (Å²) in [6.45, 7) is 4.99. The molecule has 0 saturated carbocycles. The number of hydrogen-bond donors (Lipinski definition) is 1. The summed E-state index contributed by atoms with van der Waals surface area (Å²) in [5.74, 6) is 1.31. The van der Waals surface area contributed by atoms with Gasteiger partial charge >= 0.3 is 0 Å². The normalized spacial score (nSPS) is 17.8. The van der Waals surface area contributed by atoms with Crippen LogP contribution in [0.25, 0.3) is 0 Å². The Kier molecular flexibility index (Phi) is 6.56. The second kappa shape index (κ2) is 9.11. The van der Waals surface area contributed by atoms with E-state index >= 15 is 0 Å². The van der Waals surface area contributed by atoms with E-state index in [9.17, 15) is 9.59 Å². The number of piperidine rings is 1.